The minimum atomic E-state index is -1.25. The third kappa shape index (κ3) is 3.98. The number of carbonyl (C=O) groups excluding carboxylic acids is 2. The maximum absolute atomic E-state index is 12.6. The highest BCUT2D eigenvalue weighted by atomic mass is 19.1. The number of halogens is 1. The fourth-order valence-corrected chi connectivity index (χ4v) is 1.42. The molecule has 1 amide bonds. The van der Waals surface area contributed by atoms with E-state index >= 15 is 0 Å². The van der Waals surface area contributed by atoms with Gasteiger partial charge in [0.05, 0.1) is 6.07 Å². The quantitative estimate of drug-likeness (QED) is 0.796. The van der Waals surface area contributed by atoms with E-state index in [4.69, 9.17) is 5.26 Å². The zero-order chi connectivity index (χ0) is 13.5. The first-order chi connectivity index (χ1) is 8.54. The normalized spacial score (nSPS) is 11.4. The highest BCUT2D eigenvalue weighted by molar-refractivity contribution is 6.02. The number of ketones is 1. The zero-order valence-corrected chi connectivity index (χ0v) is 9.94. The Bertz CT molecular complexity index is 477. The van der Waals surface area contributed by atoms with E-state index < -0.39 is 17.6 Å². The van der Waals surface area contributed by atoms with Crippen LogP contribution in [0.25, 0.3) is 0 Å². The topological polar surface area (TPSA) is 70.0 Å². The first-order valence-electron chi connectivity index (χ1n) is 5.47. The summed E-state index contributed by atoms with van der Waals surface area (Å²) in [6.45, 7) is 1.50. The number of nitrogens with one attached hydrogen (secondary N) is 1. The van der Waals surface area contributed by atoms with E-state index in [2.05, 4.69) is 5.32 Å². The van der Waals surface area contributed by atoms with Crippen LogP contribution in [0.5, 0.6) is 0 Å². The molecule has 0 bridgehead atoms. The molecule has 18 heavy (non-hydrogen) atoms. The molecule has 0 aliphatic rings. The number of hydrogen-bond donors (Lipinski definition) is 1. The van der Waals surface area contributed by atoms with Crippen LogP contribution in [0.3, 0.4) is 0 Å². The number of rotatable bonds is 5. The van der Waals surface area contributed by atoms with Gasteiger partial charge in [0.25, 0.3) is 0 Å². The molecule has 0 heterocycles. The molecule has 0 aliphatic heterocycles. The van der Waals surface area contributed by atoms with Crippen molar-refractivity contribution < 1.29 is 14.0 Å². The van der Waals surface area contributed by atoms with Gasteiger partial charge in [-0.3, -0.25) is 9.59 Å². The minimum Gasteiger partial charge on any atom is -0.354 e. The Morgan fingerprint density at radius 2 is 2.00 bits per heavy atom. The lowest BCUT2D eigenvalue weighted by Gasteiger charge is -2.07. The second-order valence-corrected chi connectivity index (χ2v) is 3.84. The Labute approximate surface area is 104 Å². The molecule has 1 aromatic rings. The lowest BCUT2D eigenvalue weighted by Crippen LogP contribution is -2.34. The van der Waals surface area contributed by atoms with E-state index in [0.717, 1.165) is 5.56 Å². The van der Waals surface area contributed by atoms with Crippen molar-refractivity contribution in [1.29, 1.82) is 5.26 Å². The van der Waals surface area contributed by atoms with Crippen molar-refractivity contribution in [1.82, 2.24) is 5.32 Å². The first-order valence-corrected chi connectivity index (χ1v) is 5.47. The van der Waals surface area contributed by atoms with Gasteiger partial charge in [-0.05, 0) is 31.0 Å². The number of amides is 1. The Hall–Kier alpha value is -2.22. The summed E-state index contributed by atoms with van der Waals surface area (Å²) in [7, 11) is 0. The predicted octanol–water partition coefficient (Wildman–Crippen LogP) is 1.21. The molecule has 1 unspecified atom stereocenters. The molecule has 1 N–H and O–H groups in total. The summed E-state index contributed by atoms with van der Waals surface area (Å²) in [5.41, 5.74) is 0.869. The Kier molecular flexibility index (Phi) is 5.00. The van der Waals surface area contributed by atoms with Crippen LogP contribution in [0.15, 0.2) is 24.3 Å². The molecule has 1 rings (SSSR count). The number of nitriles is 1. The van der Waals surface area contributed by atoms with E-state index in [1.807, 2.05) is 0 Å². The molecule has 4 nitrogen and oxygen atoms in total. The minimum absolute atomic E-state index is 0.302. The molecule has 0 radical (unpaired) electrons. The Balaban J connectivity index is 2.42. The van der Waals surface area contributed by atoms with Gasteiger partial charge in [0.15, 0.2) is 11.7 Å². The fraction of sp³-hybridized carbons (Fsp3) is 0.308. The van der Waals surface area contributed by atoms with Gasteiger partial charge < -0.3 is 5.32 Å². The second kappa shape index (κ2) is 6.50. The second-order valence-electron chi connectivity index (χ2n) is 3.84. The van der Waals surface area contributed by atoms with Crippen LogP contribution in [0.2, 0.25) is 0 Å². The molecule has 0 aliphatic carbocycles. The summed E-state index contributed by atoms with van der Waals surface area (Å²) in [6.07, 6.45) is 0.516. The van der Waals surface area contributed by atoms with Gasteiger partial charge in [-0.15, -0.1) is 0 Å². The van der Waals surface area contributed by atoms with E-state index in [1.54, 1.807) is 18.2 Å². The Morgan fingerprint density at radius 1 is 1.39 bits per heavy atom. The van der Waals surface area contributed by atoms with Gasteiger partial charge in [-0.1, -0.05) is 12.1 Å². The van der Waals surface area contributed by atoms with Gasteiger partial charge in [-0.25, -0.2) is 4.39 Å². The molecule has 0 aromatic heterocycles. The smallest absolute Gasteiger partial charge is 0.244 e. The van der Waals surface area contributed by atoms with Crippen molar-refractivity contribution in [3.05, 3.63) is 35.6 Å². The molecular weight excluding hydrogens is 235 g/mol. The lowest BCUT2D eigenvalue weighted by atomic mass is 10.1. The monoisotopic (exact) mass is 248 g/mol. The maximum Gasteiger partial charge on any atom is 0.244 e. The van der Waals surface area contributed by atoms with Crippen molar-refractivity contribution in [3.63, 3.8) is 0 Å². The molecule has 0 fully saturated rings. The number of nitrogens with zero attached hydrogens (tertiary/aromatic N) is 1. The van der Waals surface area contributed by atoms with Gasteiger partial charge in [-0.2, -0.15) is 5.26 Å². The molecule has 0 saturated carbocycles. The molecule has 94 valence electrons. The molecule has 0 spiro atoms. The highest BCUT2D eigenvalue weighted by Crippen LogP contribution is 2.03. The van der Waals surface area contributed by atoms with Gasteiger partial charge >= 0.3 is 0 Å². The standard InChI is InChI=1S/C13H13FN2O2/c1-9(17)12(8-15)13(18)16-7-6-10-2-4-11(14)5-3-10/h2-5,12H,6-7H2,1H3,(H,16,18). The van der Waals surface area contributed by atoms with Crippen molar-refractivity contribution in [2.45, 2.75) is 13.3 Å². The summed E-state index contributed by atoms with van der Waals surface area (Å²) in [4.78, 5) is 22.4. The SMILES string of the molecule is CC(=O)C(C#N)C(=O)NCCc1ccc(F)cc1. The van der Waals surface area contributed by atoms with E-state index in [-0.39, 0.29) is 5.82 Å². The summed E-state index contributed by atoms with van der Waals surface area (Å²) in [5, 5.41) is 11.1. The zero-order valence-electron chi connectivity index (χ0n) is 9.94. The van der Waals surface area contributed by atoms with E-state index in [9.17, 15) is 14.0 Å². The van der Waals surface area contributed by atoms with E-state index in [0.29, 0.717) is 13.0 Å². The van der Waals surface area contributed by atoms with Crippen LogP contribution in [-0.2, 0) is 16.0 Å². The van der Waals surface area contributed by atoms with Gasteiger partial charge in [0.1, 0.15) is 5.82 Å². The molecule has 0 saturated heterocycles. The number of benzene rings is 1. The maximum atomic E-state index is 12.6. The van der Waals surface area contributed by atoms with Crippen molar-refractivity contribution in [3.8, 4) is 6.07 Å². The summed E-state index contributed by atoms with van der Waals surface area (Å²) < 4.78 is 12.6. The largest absolute Gasteiger partial charge is 0.354 e. The average Bonchev–Trinajstić information content (AvgIpc) is 2.32. The van der Waals surface area contributed by atoms with Crippen LogP contribution in [0.4, 0.5) is 4.39 Å². The molecule has 1 aromatic carbocycles. The third-order valence-corrected chi connectivity index (χ3v) is 2.42. The van der Waals surface area contributed by atoms with E-state index in [1.165, 1.54) is 19.1 Å². The fourth-order valence-electron chi connectivity index (χ4n) is 1.42. The van der Waals surface area contributed by atoms with Crippen LogP contribution >= 0.6 is 0 Å². The van der Waals surface area contributed by atoms with Gasteiger partial charge in [0, 0.05) is 6.54 Å². The van der Waals surface area contributed by atoms with Crippen LogP contribution < -0.4 is 5.32 Å². The molecular formula is C13H13FN2O2. The molecule has 5 heteroatoms. The predicted molar refractivity (Wildman–Crippen MR) is 62.9 cm³/mol. The highest BCUT2D eigenvalue weighted by Gasteiger charge is 2.21. The van der Waals surface area contributed by atoms with Crippen LogP contribution in [0.1, 0.15) is 12.5 Å². The third-order valence-electron chi connectivity index (χ3n) is 2.42. The van der Waals surface area contributed by atoms with Gasteiger partial charge in [0.2, 0.25) is 5.91 Å². The first kappa shape index (κ1) is 13.8. The Morgan fingerprint density at radius 3 is 2.50 bits per heavy atom. The number of Topliss-reactive ketones (excluding diaryl/α,β-unsaturated/α-hetero) is 1. The summed E-state index contributed by atoms with van der Waals surface area (Å²) >= 11 is 0. The average molecular weight is 248 g/mol. The number of carbonyl (C=O) groups is 2. The van der Waals surface area contributed by atoms with Crippen LogP contribution in [0, 0.1) is 23.1 Å². The van der Waals surface area contributed by atoms with Crippen molar-refractivity contribution in [2.24, 2.45) is 5.92 Å². The van der Waals surface area contributed by atoms with Crippen LogP contribution in [-0.4, -0.2) is 18.2 Å². The van der Waals surface area contributed by atoms with Crippen molar-refractivity contribution in [2.75, 3.05) is 6.54 Å². The number of hydrogen-bond acceptors (Lipinski definition) is 3. The summed E-state index contributed by atoms with van der Waals surface area (Å²) in [5.74, 6) is -2.63. The van der Waals surface area contributed by atoms with Crippen molar-refractivity contribution >= 4 is 11.7 Å². The lowest BCUT2D eigenvalue weighted by molar-refractivity contribution is -0.130. The summed E-state index contributed by atoms with van der Waals surface area (Å²) in [6, 6.07) is 7.56. The molecule has 1 atom stereocenters.